The van der Waals surface area contributed by atoms with Crippen molar-refractivity contribution in [3.8, 4) is 0 Å². The Bertz CT molecular complexity index is 408. The fourth-order valence-corrected chi connectivity index (χ4v) is 3.26. The molecule has 1 saturated heterocycles. The fraction of sp³-hybridized carbons (Fsp3) is 0.733. The van der Waals surface area contributed by atoms with Crippen LogP contribution in [0.4, 0.5) is 0 Å². The highest BCUT2D eigenvalue weighted by Crippen LogP contribution is 2.28. The highest BCUT2D eigenvalue weighted by molar-refractivity contribution is 5.85. The van der Waals surface area contributed by atoms with E-state index < -0.39 is 17.8 Å². The number of rotatable bonds is 4. The van der Waals surface area contributed by atoms with Gasteiger partial charge < -0.3 is 14.9 Å². The summed E-state index contributed by atoms with van der Waals surface area (Å²) in [7, 11) is 3.88. The summed E-state index contributed by atoms with van der Waals surface area (Å²) in [6.07, 6.45) is 7.09. The van der Waals surface area contributed by atoms with Gasteiger partial charge in [0, 0.05) is 19.6 Å². The van der Waals surface area contributed by atoms with Gasteiger partial charge in [-0.25, -0.2) is 0 Å². The number of hydrogen-bond donors (Lipinski definition) is 1. The number of aliphatic carboxylic acids is 1. The molecule has 0 aromatic heterocycles. The van der Waals surface area contributed by atoms with Crippen LogP contribution in [0, 0.1) is 11.8 Å². The van der Waals surface area contributed by atoms with Crippen LogP contribution in [0.3, 0.4) is 0 Å². The van der Waals surface area contributed by atoms with Crippen LogP contribution >= 0.6 is 0 Å². The van der Waals surface area contributed by atoms with Crippen LogP contribution in [0.5, 0.6) is 0 Å². The van der Waals surface area contributed by atoms with Gasteiger partial charge in [-0.1, -0.05) is 12.2 Å². The molecule has 1 fully saturated rings. The van der Waals surface area contributed by atoms with E-state index in [1.54, 1.807) is 11.9 Å². The molecule has 5 heteroatoms. The Morgan fingerprint density at radius 2 is 1.95 bits per heavy atom. The fourth-order valence-electron chi connectivity index (χ4n) is 3.26. The number of hydrogen-bond acceptors (Lipinski definition) is 3. The molecule has 0 spiro atoms. The number of carbonyl (C=O) groups is 2. The van der Waals surface area contributed by atoms with Crippen LogP contribution in [-0.2, 0) is 9.59 Å². The Labute approximate surface area is 120 Å². The van der Waals surface area contributed by atoms with Gasteiger partial charge in [0.15, 0.2) is 0 Å². The Balaban J connectivity index is 1.98. The molecule has 1 amide bonds. The molecule has 0 aromatic carbocycles. The van der Waals surface area contributed by atoms with E-state index in [1.807, 2.05) is 12.2 Å². The minimum atomic E-state index is -0.862. The first kappa shape index (κ1) is 15.0. The summed E-state index contributed by atoms with van der Waals surface area (Å²) in [4.78, 5) is 27.8. The number of likely N-dealkylation sites (N-methyl/N-ethyl adjacent to an activating group) is 2. The molecule has 0 radical (unpaired) electrons. The van der Waals surface area contributed by atoms with Crippen molar-refractivity contribution < 1.29 is 14.7 Å². The number of amides is 1. The molecule has 1 aliphatic carbocycles. The number of likely N-dealkylation sites (tertiary alicyclic amines) is 1. The third kappa shape index (κ3) is 3.20. The van der Waals surface area contributed by atoms with Crippen molar-refractivity contribution in [1.29, 1.82) is 0 Å². The second-order valence-electron chi connectivity index (χ2n) is 5.99. The van der Waals surface area contributed by atoms with E-state index in [-0.39, 0.29) is 5.91 Å². The molecule has 20 heavy (non-hydrogen) atoms. The normalized spacial score (nSPS) is 30.4. The smallest absolute Gasteiger partial charge is 0.307 e. The van der Waals surface area contributed by atoms with E-state index >= 15 is 0 Å². The predicted molar refractivity (Wildman–Crippen MR) is 76.3 cm³/mol. The summed E-state index contributed by atoms with van der Waals surface area (Å²) in [5.74, 6) is -1.87. The highest BCUT2D eigenvalue weighted by atomic mass is 16.4. The molecule has 0 bridgehead atoms. The van der Waals surface area contributed by atoms with Gasteiger partial charge >= 0.3 is 5.97 Å². The van der Waals surface area contributed by atoms with Crippen LogP contribution in [0.2, 0.25) is 0 Å². The molecule has 1 heterocycles. The van der Waals surface area contributed by atoms with Crippen molar-refractivity contribution in [3.05, 3.63) is 12.2 Å². The van der Waals surface area contributed by atoms with Crippen molar-refractivity contribution in [2.45, 2.75) is 31.7 Å². The minimum absolute atomic E-state index is 0.0259. The number of allylic oxidation sites excluding steroid dienone is 2. The van der Waals surface area contributed by atoms with Gasteiger partial charge in [0.1, 0.15) is 0 Å². The largest absolute Gasteiger partial charge is 0.481 e. The maximum atomic E-state index is 12.5. The standard InChI is InChI=1S/C15H24N2O3/c1-16-9-5-6-11(16)10-17(2)14(18)12-7-3-4-8-13(12)15(19)20/h3-4,11-13H,5-10H2,1-2H3,(H,19,20)/t11?,12-,13+/m1/s1. The maximum absolute atomic E-state index is 12.5. The lowest BCUT2D eigenvalue weighted by molar-refractivity contribution is -0.150. The summed E-state index contributed by atoms with van der Waals surface area (Å²) in [6, 6.07) is 0.409. The molecule has 1 aliphatic heterocycles. The van der Waals surface area contributed by atoms with E-state index in [9.17, 15) is 14.7 Å². The first-order valence-corrected chi connectivity index (χ1v) is 7.33. The van der Waals surface area contributed by atoms with Crippen LogP contribution < -0.4 is 0 Å². The molecule has 1 N–H and O–H groups in total. The van der Waals surface area contributed by atoms with E-state index in [2.05, 4.69) is 11.9 Å². The summed E-state index contributed by atoms with van der Waals surface area (Å²) >= 11 is 0. The molecular formula is C15H24N2O3. The minimum Gasteiger partial charge on any atom is -0.481 e. The molecule has 0 saturated carbocycles. The molecule has 2 aliphatic rings. The second kappa shape index (κ2) is 6.39. The van der Waals surface area contributed by atoms with Gasteiger partial charge in [-0.15, -0.1) is 0 Å². The number of carboxylic acid groups (broad SMARTS) is 1. The van der Waals surface area contributed by atoms with Crippen LogP contribution in [0.15, 0.2) is 12.2 Å². The topological polar surface area (TPSA) is 60.9 Å². The molecule has 1 unspecified atom stereocenters. The first-order valence-electron chi connectivity index (χ1n) is 7.33. The van der Waals surface area contributed by atoms with Crippen molar-refractivity contribution >= 4 is 11.9 Å². The van der Waals surface area contributed by atoms with E-state index in [4.69, 9.17) is 0 Å². The van der Waals surface area contributed by atoms with Gasteiger partial charge in [-0.3, -0.25) is 9.59 Å². The van der Waals surface area contributed by atoms with Gasteiger partial charge in [0.2, 0.25) is 5.91 Å². The lowest BCUT2D eigenvalue weighted by Gasteiger charge is -2.31. The lowest BCUT2D eigenvalue weighted by Crippen LogP contribution is -2.44. The Morgan fingerprint density at radius 3 is 2.50 bits per heavy atom. The SMILES string of the molecule is CN(CC1CCCN1C)C(=O)[C@@H]1CC=CC[C@@H]1C(=O)O. The Morgan fingerprint density at radius 1 is 1.30 bits per heavy atom. The monoisotopic (exact) mass is 280 g/mol. The van der Waals surface area contributed by atoms with Gasteiger partial charge in [-0.2, -0.15) is 0 Å². The van der Waals surface area contributed by atoms with Crippen LogP contribution in [0.1, 0.15) is 25.7 Å². The van der Waals surface area contributed by atoms with Crippen LogP contribution in [0.25, 0.3) is 0 Å². The number of carbonyl (C=O) groups excluding carboxylic acids is 1. The average Bonchev–Trinajstić information content (AvgIpc) is 2.83. The quantitative estimate of drug-likeness (QED) is 0.786. The predicted octanol–water partition coefficient (Wildman–Crippen LogP) is 1.21. The van der Waals surface area contributed by atoms with Crippen LogP contribution in [-0.4, -0.2) is 60.0 Å². The van der Waals surface area contributed by atoms with Crippen molar-refractivity contribution in [2.75, 3.05) is 27.2 Å². The van der Waals surface area contributed by atoms with E-state index in [1.165, 1.54) is 6.42 Å². The number of nitrogens with zero attached hydrogens (tertiary/aromatic N) is 2. The van der Waals surface area contributed by atoms with E-state index in [0.29, 0.717) is 25.4 Å². The first-order chi connectivity index (χ1) is 9.50. The van der Waals surface area contributed by atoms with Crippen molar-refractivity contribution in [3.63, 3.8) is 0 Å². The Kier molecular flexibility index (Phi) is 4.81. The maximum Gasteiger partial charge on any atom is 0.307 e. The molecule has 2 rings (SSSR count). The Hall–Kier alpha value is -1.36. The zero-order chi connectivity index (χ0) is 14.7. The molecule has 112 valence electrons. The zero-order valence-electron chi connectivity index (χ0n) is 12.3. The van der Waals surface area contributed by atoms with Gasteiger partial charge in [0.25, 0.3) is 0 Å². The zero-order valence-corrected chi connectivity index (χ0v) is 12.3. The lowest BCUT2D eigenvalue weighted by atomic mass is 9.82. The molecule has 5 nitrogen and oxygen atoms in total. The summed E-state index contributed by atoms with van der Waals surface area (Å²) < 4.78 is 0. The summed E-state index contributed by atoms with van der Waals surface area (Å²) in [6.45, 7) is 1.78. The molecule has 3 atom stereocenters. The highest BCUT2D eigenvalue weighted by Gasteiger charge is 2.36. The summed E-state index contributed by atoms with van der Waals surface area (Å²) in [5, 5.41) is 9.25. The van der Waals surface area contributed by atoms with Gasteiger partial charge in [-0.05, 0) is 39.3 Å². The van der Waals surface area contributed by atoms with E-state index in [0.717, 1.165) is 13.0 Å². The average molecular weight is 280 g/mol. The summed E-state index contributed by atoms with van der Waals surface area (Å²) in [5.41, 5.74) is 0. The van der Waals surface area contributed by atoms with Crippen molar-refractivity contribution in [1.82, 2.24) is 9.80 Å². The second-order valence-corrected chi connectivity index (χ2v) is 5.99. The molecule has 0 aromatic rings. The van der Waals surface area contributed by atoms with Gasteiger partial charge in [0.05, 0.1) is 11.8 Å². The van der Waals surface area contributed by atoms with Crippen molar-refractivity contribution in [2.24, 2.45) is 11.8 Å². The third-order valence-electron chi connectivity index (χ3n) is 4.60. The third-order valence-corrected chi connectivity index (χ3v) is 4.60. The molecular weight excluding hydrogens is 256 g/mol. The number of carboxylic acids is 1.